The van der Waals surface area contributed by atoms with Gasteiger partial charge >= 0.3 is 0 Å². The predicted molar refractivity (Wildman–Crippen MR) is 116 cm³/mol. The third-order valence-corrected chi connectivity index (χ3v) is 4.83. The van der Waals surface area contributed by atoms with Crippen LogP contribution in [0.2, 0.25) is 0 Å². The van der Waals surface area contributed by atoms with E-state index in [0.717, 1.165) is 37.0 Å². The van der Waals surface area contributed by atoms with Gasteiger partial charge in [-0.2, -0.15) is 0 Å². The van der Waals surface area contributed by atoms with Crippen LogP contribution in [0.15, 0.2) is 29.3 Å². The molecule has 0 aliphatic heterocycles. The van der Waals surface area contributed by atoms with E-state index < -0.39 is 0 Å². The van der Waals surface area contributed by atoms with E-state index in [1.54, 1.807) is 21.3 Å². The number of hydrogen-bond donors (Lipinski definition) is 2. The summed E-state index contributed by atoms with van der Waals surface area (Å²) in [6.07, 6.45) is 4.95. The molecule has 1 aromatic carbocycles. The number of nitrogens with zero attached hydrogens (tertiary/aromatic N) is 1. The highest BCUT2D eigenvalue weighted by atomic mass is 127. The predicted octanol–water partition coefficient (Wildman–Crippen LogP) is 3.06. The first-order valence-corrected chi connectivity index (χ1v) is 8.92. The van der Waals surface area contributed by atoms with Crippen LogP contribution in [-0.4, -0.2) is 53.5 Å². The monoisotopic (exact) mass is 477 g/mol. The molecule has 148 valence electrons. The Balaban J connectivity index is 0.00000338. The van der Waals surface area contributed by atoms with E-state index in [4.69, 9.17) is 14.2 Å². The number of halogens is 1. The van der Waals surface area contributed by atoms with E-state index in [1.165, 1.54) is 19.3 Å². The van der Waals surface area contributed by atoms with Gasteiger partial charge in [0.25, 0.3) is 0 Å². The first-order valence-electron chi connectivity index (χ1n) is 8.92. The molecular weight excluding hydrogens is 445 g/mol. The van der Waals surface area contributed by atoms with Crippen LogP contribution >= 0.6 is 24.0 Å². The van der Waals surface area contributed by atoms with Crippen molar-refractivity contribution in [2.24, 2.45) is 10.4 Å². The summed E-state index contributed by atoms with van der Waals surface area (Å²) in [6.45, 7) is 3.03. The molecule has 0 atom stereocenters. The zero-order chi connectivity index (χ0) is 18.0. The number of hydrogen-bond acceptors (Lipinski definition) is 4. The van der Waals surface area contributed by atoms with Crippen molar-refractivity contribution in [2.45, 2.75) is 25.7 Å². The minimum Gasteiger partial charge on any atom is -0.497 e. The lowest BCUT2D eigenvalue weighted by Crippen LogP contribution is -2.47. The quantitative estimate of drug-likeness (QED) is 0.235. The highest BCUT2D eigenvalue weighted by Gasteiger charge is 2.36. The summed E-state index contributed by atoms with van der Waals surface area (Å²) in [6, 6.07) is 7.59. The maximum Gasteiger partial charge on any atom is 0.191 e. The van der Waals surface area contributed by atoms with Gasteiger partial charge in [-0.1, -0.05) is 6.42 Å². The molecule has 0 saturated heterocycles. The lowest BCUT2D eigenvalue weighted by molar-refractivity contribution is 0.0732. The number of guanidine groups is 1. The Morgan fingerprint density at radius 1 is 1.08 bits per heavy atom. The summed E-state index contributed by atoms with van der Waals surface area (Å²) in [7, 11) is 5.22. The second-order valence-corrected chi connectivity index (χ2v) is 6.47. The number of aliphatic imine (C=N–C) groups is 1. The second-order valence-electron chi connectivity index (χ2n) is 6.47. The largest absolute Gasteiger partial charge is 0.497 e. The van der Waals surface area contributed by atoms with Gasteiger partial charge in [-0.3, -0.25) is 4.99 Å². The topological polar surface area (TPSA) is 64.1 Å². The number of methoxy groups -OCH3 is 2. The molecule has 6 nitrogen and oxygen atoms in total. The molecule has 1 fully saturated rings. The van der Waals surface area contributed by atoms with Gasteiger partial charge in [-0.25, -0.2) is 0 Å². The molecule has 0 spiro atoms. The van der Waals surface area contributed by atoms with Crippen molar-refractivity contribution in [1.29, 1.82) is 0 Å². The molecule has 2 N–H and O–H groups in total. The van der Waals surface area contributed by atoms with Crippen LogP contribution in [-0.2, 0) is 4.74 Å². The van der Waals surface area contributed by atoms with Gasteiger partial charge in [0.05, 0.1) is 13.7 Å². The molecule has 1 aliphatic carbocycles. The standard InChI is InChI=1S/C19H31N3O3.HI/c1-20-18(22-15-19(9-4-10-19)11-13-23-2)21-12-14-25-17-7-5-16(24-3)6-8-17;/h5-8H,4,9-15H2,1-3H3,(H2,20,21,22);1H. The van der Waals surface area contributed by atoms with Crippen molar-refractivity contribution in [3.63, 3.8) is 0 Å². The van der Waals surface area contributed by atoms with Crippen molar-refractivity contribution in [1.82, 2.24) is 10.6 Å². The summed E-state index contributed by atoms with van der Waals surface area (Å²) >= 11 is 0. The van der Waals surface area contributed by atoms with Gasteiger partial charge in [0.15, 0.2) is 5.96 Å². The van der Waals surface area contributed by atoms with Crippen molar-refractivity contribution >= 4 is 29.9 Å². The van der Waals surface area contributed by atoms with Crippen LogP contribution in [0.1, 0.15) is 25.7 Å². The normalized spacial score (nSPS) is 15.4. The summed E-state index contributed by atoms with van der Waals surface area (Å²) in [5, 5.41) is 6.74. The lowest BCUT2D eigenvalue weighted by Gasteiger charge is -2.42. The third kappa shape index (κ3) is 7.19. The molecular formula is C19H32IN3O3. The minimum absolute atomic E-state index is 0. The molecule has 2 rings (SSSR count). The first kappa shape index (κ1) is 22.8. The van der Waals surface area contributed by atoms with E-state index in [9.17, 15) is 0 Å². The molecule has 1 aliphatic rings. The van der Waals surface area contributed by atoms with Gasteiger partial charge < -0.3 is 24.8 Å². The number of rotatable bonds is 10. The molecule has 0 radical (unpaired) electrons. The van der Waals surface area contributed by atoms with Crippen molar-refractivity contribution in [3.8, 4) is 11.5 Å². The number of nitrogens with one attached hydrogen (secondary N) is 2. The van der Waals surface area contributed by atoms with Crippen LogP contribution in [0, 0.1) is 5.41 Å². The Bertz CT molecular complexity index is 533. The summed E-state index contributed by atoms with van der Waals surface area (Å²) in [5.41, 5.74) is 0.368. The fraction of sp³-hybridized carbons (Fsp3) is 0.632. The van der Waals surface area contributed by atoms with E-state index in [1.807, 2.05) is 24.3 Å². The van der Waals surface area contributed by atoms with Crippen molar-refractivity contribution < 1.29 is 14.2 Å². The Morgan fingerprint density at radius 2 is 1.77 bits per heavy atom. The van der Waals surface area contributed by atoms with Gasteiger partial charge in [-0.15, -0.1) is 24.0 Å². The maximum atomic E-state index is 5.71. The van der Waals surface area contributed by atoms with Crippen LogP contribution < -0.4 is 20.1 Å². The van der Waals surface area contributed by atoms with Gasteiger partial charge in [0.2, 0.25) is 0 Å². The molecule has 7 heteroatoms. The molecule has 0 amide bonds. The van der Waals surface area contributed by atoms with E-state index in [-0.39, 0.29) is 24.0 Å². The summed E-state index contributed by atoms with van der Waals surface area (Å²) in [4.78, 5) is 4.29. The second kappa shape index (κ2) is 12.2. The summed E-state index contributed by atoms with van der Waals surface area (Å²) in [5.74, 6) is 2.48. The average Bonchev–Trinajstić information content (AvgIpc) is 2.62. The van der Waals surface area contributed by atoms with Gasteiger partial charge in [0, 0.05) is 27.3 Å². The fourth-order valence-electron chi connectivity index (χ4n) is 3.01. The van der Waals surface area contributed by atoms with Gasteiger partial charge in [-0.05, 0) is 48.9 Å². The molecule has 1 saturated carbocycles. The van der Waals surface area contributed by atoms with Crippen LogP contribution in [0.5, 0.6) is 11.5 Å². The van der Waals surface area contributed by atoms with Gasteiger partial charge in [0.1, 0.15) is 18.1 Å². The van der Waals surface area contributed by atoms with Crippen LogP contribution in [0.4, 0.5) is 0 Å². The molecule has 1 aromatic rings. The molecule has 0 aromatic heterocycles. The Hall–Kier alpha value is -1.22. The zero-order valence-electron chi connectivity index (χ0n) is 16.0. The zero-order valence-corrected chi connectivity index (χ0v) is 18.4. The van der Waals surface area contributed by atoms with Crippen molar-refractivity contribution in [3.05, 3.63) is 24.3 Å². The van der Waals surface area contributed by atoms with Crippen LogP contribution in [0.25, 0.3) is 0 Å². The molecule has 0 unspecified atom stereocenters. The summed E-state index contributed by atoms with van der Waals surface area (Å²) < 4.78 is 16.1. The molecule has 26 heavy (non-hydrogen) atoms. The third-order valence-electron chi connectivity index (χ3n) is 4.83. The SMILES string of the molecule is CN=C(NCCOc1ccc(OC)cc1)NCC1(CCOC)CCC1.I. The Kier molecular flexibility index (Phi) is 10.7. The molecule has 0 heterocycles. The lowest BCUT2D eigenvalue weighted by atomic mass is 9.67. The highest BCUT2D eigenvalue weighted by Crippen LogP contribution is 2.43. The van der Waals surface area contributed by atoms with E-state index >= 15 is 0 Å². The van der Waals surface area contributed by atoms with E-state index in [0.29, 0.717) is 18.6 Å². The maximum absolute atomic E-state index is 5.71. The average molecular weight is 477 g/mol. The van der Waals surface area contributed by atoms with E-state index in [2.05, 4.69) is 15.6 Å². The number of benzene rings is 1. The van der Waals surface area contributed by atoms with Crippen molar-refractivity contribution in [2.75, 3.05) is 47.6 Å². The highest BCUT2D eigenvalue weighted by molar-refractivity contribution is 14.0. The first-order chi connectivity index (χ1) is 12.2. The number of ether oxygens (including phenoxy) is 3. The Morgan fingerprint density at radius 3 is 2.31 bits per heavy atom. The molecule has 0 bridgehead atoms. The minimum atomic E-state index is 0. The Labute approximate surface area is 174 Å². The fourth-order valence-corrected chi connectivity index (χ4v) is 3.01. The van der Waals surface area contributed by atoms with Crippen LogP contribution in [0.3, 0.4) is 0 Å². The smallest absolute Gasteiger partial charge is 0.191 e.